The molecule has 1 saturated heterocycles. The van der Waals surface area contributed by atoms with E-state index in [9.17, 15) is 38.7 Å². The highest BCUT2D eigenvalue weighted by Gasteiger charge is 2.48. The van der Waals surface area contributed by atoms with Crippen LogP contribution in [-0.2, 0) is 24.1 Å². The van der Waals surface area contributed by atoms with E-state index in [1.54, 1.807) is 0 Å². The van der Waals surface area contributed by atoms with E-state index in [4.69, 9.17) is 28.2 Å². The average Bonchev–Trinajstić information content (AvgIpc) is 2.84. The number of hydrogen-bond donors (Lipinski definition) is 6. The molecule has 0 spiro atoms. The molecule has 37 heavy (non-hydrogen) atoms. The molecule has 3 rings (SSSR count). The molecule has 16 heteroatoms. The summed E-state index contributed by atoms with van der Waals surface area (Å²) in [6.45, 7) is -0.941. The van der Waals surface area contributed by atoms with Crippen molar-refractivity contribution in [3.05, 3.63) is 35.9 Å². The molecule has 6 N–H and O–H groups in total. The van der Waals surface area contributed by atoms with Crippen molar-refractivity contribution >= 4 is 16.4 Å². The molecule has 0 saturated carbocycles. The first-order valence-electron chi connectivity index (χ1n) is 10.3. The lowest BCUT2D eigenvalue weighted by atomic mass is 9.99. The van der Waals surface area contributed by atoms with E-state index in [2.05, 4.69) is 4.18 Å². The van der Waals surface area contributed by atoms with Gasteiger partial charge in [-0.2, -0.15) is 8.42 Å². The molecule has 1 fully saturated rings. The number of carbonyl (C=O) groups is 1. The van der Waals surface area contributed by atoms with Crippen LogP contribution in [0, 0.1) is 0 Å². The van der Waals surface area contributed by atoms with Crippen molar-refractivity contribution in [2.24, 2.45) is 0 Å². The Balaban J connectivity index is 1.91. The zero-order valence-corrected chi connectivity index (χ0v) is 20.1. The number of esters is 1. The highest BCUT2D eigenvalue weighted by Crippen LogP contribution is 2.37. The molecule has 0 aliphatic carbocycles. The number of methoxy groups -OCH3 is 2. The van der Waals surface area contributed by atoms with Gasteiger partial charge in [0, 0.05) is 6.07 Å². The van der Waals surface area contributed by atoms with Gasteiger partial charge in [0.25, 0.3) is 0 Å². The number of ether oxygens (including phenoxy) is 5. The van der Waals surface area contributed by atoms with Crippen LogP contribution in [0.3, 0.4) is 0 Å². The Hall–Kier alpha value is -3.54. The first-order chi connectivity index (χ1) is 17.3. The molecule has 0 amide bonds. The Morgan fingerprint density at radius 1 is 0.973 bits per heavy atom. The maximum Gasteiger partial charge on any atom is 0.397 e. The zero-order valence-electron chi connectivity index (χ0n) is 19.2. The summed E-state index contributed by atoms with van der Waals surface area (Å²) in [7, 11) is -2.18. The Bertz CT molecular complexity index is 1210. The summed E-state index contributed by atoms with van der Waals surface area (Å²) in [5.74, 6) is -3.19. The smallest absolute Gasteiger partial charge is 0.397 e. The van der Waals surface area contributed by atoms with Crippen molar-refractivity contribution in [1.29, 1.82) is 0 Å². The lowest BCUT2D eigenvalue weighted by Crippen LogP contribution is -2.61. The number of benzene rings is 2. The van der Waals surface area contributed by atoms with Gasteiger partial charge in [-0.25, -0.2) is 8.98 Å². The molecule has 5 atom stereocenters. The summed E-state index contributed by atoms with van der Waals surface area (Å²) in [4.78, 5) is 12.7. The molecule has 0 aromatic heterocycles. The van der Waals surface area contributed by atoms with Crippen LogP contribution in [0.15, 0.2) is 30.3 Å². The van der Waals surface area contributed by atoms with Crippen LogP contribution in [0.1, 0.15) is 10.4 Å². The van der Waals surface area contributed by atoms with Gasteiger partial charge in [0.05, 0.1) is 26.4 Å². The summed E-state index contributed by atoms with van der Waals surface area (Å²) in [5, 5.41) is 49.9. The van der Waals surface area contributed by atoms with Crippen LogP contribution in [0.5, 0.6) is 34.5 Å². The van der Waals surface area contributed by atoms with E-state index in [0.29, 0.717) is 5.75 Å². The van der Waals surface area contributed by atoms with E-state index < -0.39 is 76.5 Å². The first kappa shape index (κ1) is 28.0. The third kappa shape index (κ3) is 6.62. The van der Waals surface area contributed by atoms with Gasteiger partial charge in [-0.1, -0.05) is 0 Å². The van der Waals surface area contributed by atoms with Gasteiger partial charge in [0.1, 0.15) is 24.1 Å². The predicted octanol–water partition coefficient (Wildman–Crippen LogP) is -0.309. The standard InChI is InChI=1S/C21H24O15S/c1-31-13-4-3-10(7-14(13)32-2)34-21-19(18(26)17(25)15(35-21)8-33-37(28,29)30)36-20(27)9-5-11(22)16(24)12(23)6-9/h3-7,15,17-19,21-26H,8H2,1-2H3,(H,28,29,30)/t15-,17-,18+,19-,21-/m1/s1. The van der Waals surface area contributed by atoms with Crippen molar-refractivity contribution in [3.63, 3.8) is 0 Å². The Kier molecular flexibility index (Phi) is 8.52. The second-order valence-corrected chi connectivity index (χ2v) is 8.70. The molecule has 0 unspecified atom stereocenters. The molecule has 204 valence electrons. The molecular weight excluding hydrogens is 524 g/mol. The van der Waals surface area contributed by atoms with Crippen LogP contribution >= 0.6 is 0 Å². The maximum atomic E-state index is 12.7. The normalized spacial score (nSPS) is 23.8. The topological polar surface area (TPSA) is 228 Å². The van der Waals surface area contributed by atoms with Crippen LogP contribution in [0.4, 0.5) is 0 Å². The lowest BCUT2D eigenvalue weighted by molar-refractivity contribution is -0.275. The number of hydrogen-bond acceptors (Lipinski definition) is 14. The molecule has 2 aromatic carbocycles. The Morgan fingerprint density at radius 2 is 1.59 bits per heavy atom. The van der Waals surface area contributed by atoms with Gasteiger partial charge < -0.3 is 49.2 Å². The minimum Gasteiger partial charge on any atom is -0.504 e. The van der Waals surface area contributed by atoms with Gasteiger partial charge in [-0.15, -0.1) is 0 Å². The fourth-order valence-corrected chi connectivity index (χ4v) is 3.66. The van der Waals surface area contributed by atoms with Crippen molar-refractivity contribution < 1.29 is 71.2 Å². The SMILES string of the molecule is COc1ccc(O[C@@H]2O[C@H](COS(=O)(=O)O)[C@@H](O)[C@H](O)[C@H]2OC(=O)c2cc(O)c(O)c(O)c2)cc1OC. The van der Waals surface area contributed by atoms with E-state index in [1.165, 1.54) is 32.4 Å². The minimum atomic E-state index is -4.93. The summed E-state index contributed by atoms with van der Waals surface area (Å²) in [6.07, 6.45) is -8.90. The van der Waals surface area contributed by atoms with E-state index >= 15 is 0 Å². The van der Waals surface area contributed by atoms with E-state index in [0.717, 1.165) is 12.1 Å². The number of aliphatic hydroxyl groups is 2. The van der Waals surface area contributed by atoms with Crippen LogP contribution in [-0.4, -0.2) is 96.0 Å². The number of phenolic OH excluding ortho intramolecular Hbond substituents is 3. The van der Waals surface area contributed by atoms with Crippen molar-refractivity contribution in [2.45, 2.75) is 30.7 Å². The third-order valence-electron chi connectivity index (χ3n) is 5.18. The number of aliphatic hydroxyl groups excluding tert-OH is 2. The molecule has 0 radical (unpaired) electrons. The average molecular weight is 548 g/mol. The molecule has 1 heterocycles. The summed E-state index contributed by atoms with van der Waals surface area (Å²) >= 11 is 0. The van der Waals surface area contributed by atoms with Gasteiger partial charge in [-0.05, 0) is 24.3 Å². The highest BCUT2D eigenvalue weighted by molar-refractivity contribution is 7.80. The molecule has 0 bridgehead atoms. The van der Waals surface area contributed by atoms with Gasteiger partial charge >= 0.3 is 16.4 Å². The first-order valence-corrected chi connectivity index (χ1v) is 11.7. The summed E-state index contributed by atoms with van der Waals surface area (Å²) < 4.78 is 61.7. The second kappa shape index (κ2) is 11.2. The van der Waals surface area contributed by atoms with Gasteiger partial charge in [0.2, 0.25) is 6.29 Å². The zero-order chi connectivity index (χ0) is 27.5. The number of carbonyl (C=O) groups excluding carboxylic acids is 1. The van der Waals surface area contributed by atoms with Crippen LogP contribution < -0.4 is 14.2 Å². The Labute approximate surface area is 209 Å². The van der Waals surface area contributed by atoms with Crippen LogP contribution in [0.2, 0.25) is 0 Å². The molecule has 2 aromatic rings. The minimum absolute atomic E-state index is 0.0432. The molecule has 1 aliphatic rings. The number of aromatic hydroxyl groups is 3. The van der Waals surface area contributed by atoms with Crippen LogP contribution in [0.25, 0.3) is 0 Å². The van der Waals surface area contributed by atoms with Gasteiger partial charge in [-0.3, -0.25) is 4.55 Å². The highest BCUT2D eigenvalue weighted by atomic mass is 32.3. The van der Waals surface area contributed by atoms with Crippen molar-refractivity contribution in [3.8, 4) is 34.5 Å². The molecule has 15 nitrogen and oxygen atoms in total. The quantitative estimate of drug-likeness (QED) is 0.134. The van der Waals surface area contributed by atoms with E-state index in [-0.39, 0.29) is 11.5 Å². The molecular formula is C21H24O15S. The largest absolute Gasteiger partial charge is 0.504 e. The second-order valence-electron chi connectivity index (χ2n) is 7.60. The van der Waals surface area contributed by atoms with Crippen molar-refractivity contribution in [1.82, 2.24) is 0 Å². The number of rotatable bonds is 9. The van der Waals surface area contributed by atoms with E-state index in [1.807, 2.05) is 0 Å². The van der Waals surface area contributed by atoms with Crippen molar-refractivity contribution in [2.75, 3.05) is 20.8 Å². The fourth-order valence-electron chi connectivity index (χ4n) is 3.35. The lowest BCUT2D eigenvalue weighted by Gasteiger charge is -2.41. The maximum absolute atomic E-state index is 12.7. The number of phenols is 3. The predicted molar refractivity (Wildman–Crippen MR) is 119 cm³/mol. The third-order valence-corrected chi connectivity index (χ3v) is 5.62. The Morgan fingerprint density at radius 3 is 2.16 bits per heavy atom. The monoisotopic (exact) mass is 548 g/mol. The molecule has 1 aliphatic heterocycles. The summed E-state index contributed by atoms with van der Waals surface area (Å²) in [5.41, 5.74) is -0.448. The summed E-state index contributed by atoms with van der Waals surface area (Å²) in [6, 6.07) is 5.77. The fraction of sp³-hybridized carbons (Fsp3) is 0.381. The van der Waals surface area contributed by atoms with Gasteiger partial charge in [0.15, 0.2) is 34.9 Å².